The molecule has 1 amide bonds. The topological polar surface area (TPSA) is 83.6 Å². The van der Waals surface area contributed by atoms with Crippen LogP contribution >= 0.6 is 11.6 Å². The summed E-state index contributed by atoms with van der Waals surface area (Å²) in [5, 5.41) is 10.4. The van der Waals surface area contributed by atoms with Crippen molar-refractivity contribution in [3.05, 3.63) is 99.3 Å². The zero-order valence-electron chi connectivity index (χ0n) is 20.6. The molecule has 0 aromatic heterocycles. The molecule has 0 spiro atoms. The van der Waals surface area contributed by atoms with Crippen LogP contribution in [0.5, 0.6) is 0 Å². The maximum absolute atomic E-state index is 13.9. The molecule has 188 valence electrons. The van der Waals surface area contributed by atoms with E-state index in [1.54, 1.807) is 23.1 Å². The average molecular weight is 509 g/mol. The molecule has 1 heterocycles. The highest BCUT2D eigenvalue weighted by Gasteiger charge is 2.47. The zero-order chi connectivity index (χ0) is 26.3. The van der Waals surface area contributed by atoms with Crippen molar-refractivity contribution in [2.24, 2.45) is 5.73 Å². The molecule has 36 heavy (non-hydrogen) atoms. The number of aryl methyl sites for hydroxylation is 1. The Morgan fingerprint density at radius 3 is 2.19 bits per heavy atom. The van der Waals surface area contributed by atoms with Gasteiger partial charge in [-0.25, -0.2) is 9.18 Å². The summed E-state index contributed by atoms with van der Waals surface area (Å²) < 4.78 is 13.9. The minimum atomic E-state index is -1.45. The van der Waals surface area contributed by atoms with Crippen LogP contribution in [0, 0.1) is 5.82 Å². The van der Waals surface area contributed by atoms with Gasteiger partial charge >= 0.3 is 5.97 Å². The van der Waals surface area contributed by atoms with Crippen molar-refractivity contribution in [2.45, 2.75) is 51.0 Å². The lowest BCUT2D eigenvalue weighted by molar-refractivity contribution is -0.123. The first-order chi connectivity index (χ1) is 16.9. The quantitative estimate of drug-likeness (QED) is 0.437. The smallest absolute Gasteiger partial charge is 0.337 e. The minimum Gasteiger partial charge on any atom is -0.478 e. The molecule has 4 rings (SSSR count). The number of nitrogens with two attached hydrogens (primary N) is 1. The molecular weight excluding hydrogens is 479 g/mol. The van der Waals surface area contributed by atoms with Crippen LogP contribution in [0.4, 0.5) is 10.1 Å². The van der Waals surface area contributed by atoms with Crippen molar-refractivity contribution in [3.8, 4) is 0 Å². The second kappa shape index (κ2) is 9.58. The molecule has 0 bridgehead atoms. The van der Waals surface area contributed by atoms with Crippen LogP contribution in [0.25, 0.3) is 0 Å². The van der Waals surface area contributed by atoms with Gasteiger partial charge in [-0.05, 0) is 64.8 Å². The fraction of sp³-hybridized carbons (Fsp3) is 0.310. The minimum absolute atomic E-state index is 0.00742. The van der Waals surface area contributed by atoms with E-state index >= 15 is 0 Å². The van der Waals surface area contributed by atoms with Gasteiger partial charge in [-0.15, -0.1) is 0 Å². The molecular formula is C29H30ClFN2O3. The molecule has 0 saturated heterocycles. The Balaban J connectivity index is 1.96. The fourth-order valence-corrected chi connectivity index (χ4v) is 5.35. The van der Waals surface area contributed by atoms with Gasteiger partial charge in [0.25, 0.3) is 0 Å². The Morgan fingerprint density at radius 2 is 1.64 bits per heavy atom. The molecule has 1 aliphatic heterocycles. The van der Waals surface area contributed by atoms with E-state index < -0.39 is 23.2 Å². The number of carboxylic acids is 1. The number of hydrogen-bond donors (Lipinski definition) is 2. The van der Waals surface area contributed by atoms with E-state index in [9.17, 15) is 19.1 Å². The third-order valence-corrected chi connectivity index (χ3v) is 7.17. The molecule has 0 radical (unpaired) electrons. The third kappa shape index (κ3) is 4.70. The first-order valence-corrected chi connectivity index (χ1v) is 12.3. The predicted octanol–water partition coefficient (Wildman–Crippen LogP) is 5.85. The van der Waals surface area contributed by atoms with E-state index in [2.05, 4.69) is 20.8 Å². The van der Waals surface area contributed by atoms with Crippen molar-refractivity contribution in [1.82, 2.24) is 0 Å². The van der Waals surface area contributed by atoms with Gasteiger partial charge in [-0.3, -0.25) is 4.79 Å². The normalized spacial score (nSPS) is 15.2. The Kier molecular flexibility index (Phi) is 6.84. The number of carbonyl (C=O) groups excluding carboxylic acids is 1. The molecule has 3 aromatic carbocycles. The van der Waals surface area contributed by atoms with Crippen molar-refractivity contribution >= 4 is 29.2 Å². The lowest BCUT2D eigenvalue weighted by Crippen LogP contribution is -2.58. The number of primary amides is 1. The molecule has 1 atom stereocenters. The molecule has 7 heteroatoms. The second-order valence-corrected chi connectivity index (χ2v) is 10.8. The number of rotatable bonds is 6. The first kappa shape index (κ1) is 25.7. The highest BCUT2D eigenvalue weighted by Crippen LogP contribution is 2.43. The van der Waals surface area contributed by atoms with Gasteiger partial charge in [0.15, 0.2) is 0 Å². The lowest BCUT2D eigenvalue weighted by Gasteiger charge is -2.47. The second-order valence-electron chi connectivity index (χ2n) is 10.4. The zero-order valence-corrected chi connectivity index (χ0v) is 21.4. The molecule has 3 aromatic rings. The van der Waals surface area contributed by atoms with E-state index in [0.717, 1.165) is 16.7 Å². The number of carbonyl (C=O) groups is 2. The van der Waals surface area contributed by atoms with E-state index in [1.165, 1.54) is 18.2 Å². The van der Waals surface area contributed by atoms with Gasteiger partial charge in [0, 0.05) is 18.0 Å². The summed E-state index contributed by atoms with van der Waals surface area (Å²) in [7, 11) is 0. The lowest BCUT2D eigenvalue weighted by atomic mass is 9.78. The van der Waals surface area contributed by atoms with Gasteiger partial charge in [0.05, 0.1) is 11.3 Å². The number of halogens is 2. The molecule has 3 N–H and O–H groups in total. The Hall–Kier alpha value is -3.38. The van der Waals surface area contributed by atoms with Crippen LogP contribution in [0.1, 0.15) is 59.8 Å². The van der Waals surface area contributed by atoms with Crippen LogP contribution in [0.3, 0.4) is 0 Å². The number of carboxylic acid groups (broad SMARTS) is 1. The SMILES string of the molecule is CC(C)(C)c1ccc(CC(C(N)=O)(c2ccc(F)cc2)N2CCCc3cc(Cl)cc(C(=O)O)c32)cc1. The Bertz CT molecular complexity index is 1300. The van der Waals surface area contributed by atoms with Crippen LogP contribution in [-0.2, 0) is 28.6 Å². The molecule has 0 aliphatic carbocycles. The Morgan fingerprint density at radius 1 is 1.03 bits per heavy atom. The molecule has 0 saturated carbocycles. The maximum Gasteiger partial charge on any atom is 0.337 e. The van der Waals surface area contributed by atoms with Crippen LogP contribution in [-0.4, -0.2) is 23.5 Å². The van der Waals surface area contributed by atoms with Gasteiger partial charge in [0.1, 0.15) is 11.4 Å². The van der Waals surface area contributed by atoms with Crippen molar-refractivity contribution in [2.75, 3.05) is 11.4 Å². The standard InChI is InChI=1S/C29H30ClFN2O3/c1-28(2,3)20-8-6-18(7-9-20)17-29(27(32)36,21-10-12-23(31)13-11-21)33-14-4-5-19-15-22(30)16-24(25(19)33)26(34)35/h6-13,15-16H,4-5,14,17H2,1-3H3,(H2,32,36)(H,34,35). The summed E-state index contributed by atoms with van der Waals surface area (Å²) >= 11 is 6.25. The van der Waals surface area contributed by atoms with Gasteiger partial charge in [0.2, 0.25) is 5.91 Å². The monoisotopic (exact) mass is 508 g/mol. The number of anilines is 1. The van der Waals surface area contributed by atoms with Crippen LogP contribution < -0.4 is 10.6 Å². The van der Waals surface area contributed by atoms with Gasteiger partial charge in [-0.1, -0.05) is 68.8 Å². The number of fused-ring (bicyclic) bond motifs is 1. The third-order valence-electron chi connectivity index (χ3n) is 6.95. The summed E-state index contributed by atoms with van der Waals surface area (Å²) in [6.45, 7) is 6.77. The number of amides is 1. The highest BCUT2D eigenvalue weighted by atomic mass is 35.5. The van der Waals surface area contributed by atoms with Gasteiger partial charge in [-0.2, -0.15) is 0 Å². The van der Waals surface area contributed by atoms with Crippen molar-refractivity contribution < 1.29 is 19.1 Å². The average Bonchev–Trinajstić information content (AvgIpc) is 2.81. The summed E-state index contributed by atoms with van der Waals surface area (Å²) in [4.78, 5) is 27.6. The van der Waals surface area contributed by atoms with Crippen LogP contribution in [0.15, 0.2) is 60.7 Å². The van der Waals surface area contributed by atoms with Crippen LogP contribution in [0.2, 0.25) is 5.02 Å². The Labute approximate surface area is 215 Å². The molecule has 1 aliphatic rings. The van der Waals surface area contributed by atoms with Crippen molar-refractivity contribution in [3.63, 3.8) is 0 Å². The maximum atomic E-state index is 13.9. The van der Waals surface area contributed by atoms with E-state index in [4.69, 9.17) is 17.3 Å². The number of nitrogens with zero attached hydrogens (tertiary/aromatic N) is 1. The number of benzene rings is 3. The number of hydrogen-bond acceptors (Lipinski definition) is 3. The molecule has 1 unspecified atom stereocenters. The summed E-state index contributed by atoms with van der Waals surface area (Å²) in [5.74, 6) is -2.23. The molecule has 5 nitrogen and oxygen atoms in total. The van der Waals surface area contributed by atoms with E-state index in [0.29, 0.717) is 35.7 Å². The summed E-state index contributed by atoms with van der Waals surface area (Å²) in [5.41, 5.74) is 8.35. The fourth-order valence-electron chi connectivity index (χ4n) is 5.11. The summed E-state index contributed by atoms with van der Waals surface area (Å²) in [6, 6.07) is 16.8. The number of aromatic carboxylic acids is 1. The van der Waals surface area contributed by atoms with E-state index in [1.807, 2.05) is 24.3 Å². The largest absolute Gasteiger partial charge is 0.478 e. The predicted molar refractivity (Wildman–Crippen MR) is 140 cm³/mol. The van der Waals surface area contributed by atoms with Gasteiger partial charge < -0.3 is 15.7 Å². The highest BCUT2D eigenvalue weighted by molar-refractivity contribution is 6.31. The van der Waals surface area contributed by atoms with Crippen molar-refractivity contribution in [1.29, 1.82) is 0 Å². The first-order valence-electron chi connectivity index (χ1n) is 11.9. The van der Waals surface area contributed by atoms with E-state index in [-0.39, 0.29) is 17.4 Å². The summed E-state index contributed by atoms with van der Waals surface area (Å²) in [6.07, 6.45) is 1.47. The molecule has 0 fully saturated rings.